The van der Waals surface area contributed by atoms with Gasteiger partial charge in [0, 0.05) is 19.3 Å². The standard InChI is InChI=1S/C12H20O3/c1-11(2)7-10(3-4-13)8-12(9-11)14-5-6-15-12/h4,10H,3,5-9H2,1-2H3. The zero-order chi connectivity index (χ0) is 10.9. The summed E-state index contributed by atoms with van der Waals surface area (Å²) < 4.78 is 11.5. The fraction of sp³-hybridized carbons (Fsp3) is 0.917. The quantitative estimate of drug-likeness (QED) is 0.658. The minimum Gasteiger partial charge on any atom is -0.348 e. The molecule has 1 atom stereocenters. The van der Waals surface area contributed by atoms with Gasteiger partial charge in [-0.3, -0.25) is 0 Å². The van der Waals surface area contributed by atoms with Crippen LogP contribution in [0.2, 0.25) is 0 Å². The average molecular weight is 212 g/mol. The van der Waals surface area contributed by atoms with Gasteiger partial charge in [0.2, 0.25) is 0 Å². The molecule has 2 rings (SSSR count). The third-order valence-electron chi connectivity index (χ3n) is 3.43. The normalized spacial score (nSPS) is 33.1. The number of carbonyl (C=O) groups is 1. The molecule has 0 aromatic carbocycles. The summed E-state index contributed by atoms with van der Waals surface area (Å²) in [6.07, 6.45) is 4.59. The van der Waals surface area contributed by atoms with Gasteiger partial charge in [0.1, 0.15) is 6.29 Å². The summed E-state index contributed by atoms with van der Waals surface area (Å²) in [5, 5.41) is 0. The molecule has 1 saturated carbocycles. The van der Waals surface area contributed by atoms with Gasteiger partial charge in [0.15, 0.2) is 5.79 Å². The highest BCUT2D eigenvalue weighted by Crippen LogP contribution is 2.48. The van der Waals surface area contributed by atoms with Crippen LogP contribution in [-0.2, 0) is 14.3 Å². The summed E-state index contributed by atoms with van der Waals surface area (Å²) in [6.45, 7) is 5.86. The van der Waals surface area contributed by atoms with E-state index in [1.165, 1.54) is 0 Å². The Bertz CT molecular complexity index is 241. The van der Waals surface area contributed by atoms with Crippen LogP contribution < -0.4 is 0 Å². The first kappa shape index (κ1) is 11.1. The molecule has 0 aromatic rings. The van der Waals surface area contributed by atoms with E-state index in [1.807, 2.05) is 0 Å². The van der Waals surface area contributed by atoms with Crippen LogP contribution in [0.4, 0.5) is 0 Å². The molecule has 1 heterocycles. The monoisotopic (exact) mass is 212 g/mol. The second kappa shape index (κ2) is 3.87. The first-order chi connectivity index (χ1) is 7.05. The minimum absolute atomic E-state index is 0.219. The van der Waals surface area contributed by atoms with Crippen molar-refractivity contribution in [2.75, 3.05) is 13.2 Å². The number of hydrogen-bond acceptors (Lipinski definition) is 3. The first-order valence-corrected chi connectivity index (χ1v) is 5.77. The largest absolute Gasteiger partial charge is 0.348 e. The highest BCUT2D eigenvalue weighted by molar-refractivity contribution is 5.49. The van der Waals surface area contributed by atoms with Crippen LogP contribution in [0.1, 0.15) is 39.5 Å². The summed E-state index contributed by atoms with van der Waals surface area (Å²) in [5.41, 5.74) is 0.219. The van der Waals surface area contributed by atoms with Crippen molar-refractivity contribution in [3.63, 3.8) is 0 Å². The van der Waals surface area contributed by atoms with E-state index in [0.717, 1.165) is 25.5 Å². The van der Waals surface area contributed by atoms with Gasteiger partial charge >= 0.3 is 0 Å². The summed E-state index contributed by atoms with van der Waals surface area (Å²) in [5.74, 6) is 0.0412. The Hall–Kier alpha value is -0.410. The van der Waals surface area contributed by atoms with Crippen LogP contribution in [0.5, 0.6) is 0 Å². The van der Waals surface area contributed by atoms with E-state index < -0.39 is 0 Å². The molecule has 1 saturated heterocycles. The van der Waals surface area contributed by atoms with Crippen molar-refractivity contribution in [2.24, 2.45) is 11.3 Å². The van der Waals surface area contributed by atoms with Gasteiger partial charge in [-0.1, -0.05) is 13.8 Å². The summed E-state index contributed by atoms with van der Waals surface area (Å²) in [6, 6.07) is 0. The van der Waals surface area contributed by atoms with E-state index in [2.05, 4.69) is 13.8 Å². The molecule has 1 unspecified atom stereocenters. The van der Waals surface area contributed by atoms with Crippen LogP contribution in [0, 0.1) is 11.3 Å². The third-order valence-corrected chi connectivity index (χ3v) is 3.43. The predicted octanol–water partition coefficient (Wildman–Crippen LogP) is 2.14. The lowest BCUT2D eigenvalue weighted by molar-refractivity contribution is -0.209. The lowest BCUT2D eigenvalue weighted by Crippen LogP contribution is -2.43. The molecule has 0 radical (unpaired) electrons. The molecule has 0 aromatic heterocycles. The number of hydrogen-bond donors (Lipinski definition) is 0. The minimum atomic E-state index is -0.380. The van der Waals surface area contributed by atoms with Gasteiger partial charge in [-0.25, -0.2) is 0 Å². The van der Waals surface area contributed by atoms with E-state index in [9.17, 15) is 4.79 Å². The predicted molar refractivity (Wildman–Crippen MR) is 56.4 cm³/mol. The molecule has 15 heavy (non-hydrogen) atoms. The molecule has 1 spiro atoms. The highest BCUT2D eigenvalue weighted by Gasteiger charge is 2.47. The highest BCUT2D eigenvalue weighted by atomic mass is 16.7. The molecule has 2 fully saturated rings. The number of ether oxygens (including phenoxy) is 2. The molecule has 2 aliphatic rings. The van der Waals surface area contributed by atoms with Gasteiger partial charge in [-0.2, -0.15) is 0 Å². The van der Waals surface area contributed by atoms with Crippen molar-refractivity contribution in [3.8, 4) is 0 Å². The van der Waals surface area contributed by atoms with Crippen LogP contribution in [0.3, 0.4) is 0 Å². The van der Waals surface area contributed by atoms with Crippen molar-refractivity contribution in [1.82, 2.24) is 0 Å². The Balaban J connectivity index is 2.10. The van der Waals surface area contributed by atoms with Crippen molar-refractivity contribution in [1.29, 1.82) is 0 Å². The molecule has 86 valence electrons. The zero-order valence-electron chi connectivity index (χ0n) is 9.62. The second-order valence-corrected chi connectivity index (χ2v) is 5.63. The Morgan fingerprint density at radius 3 is 2.53 bits per heavy atom. The van der Waals surface area contributed by atoms with Crippen molar-refractivity contribution >= 4 is 6.29 Å². The molecule has 0 bridgehead atoms. The Morgan fingerprint density at radius 1 is 1.27 bits per heavy atom. The smallest absolute Gasteiger partial charge is 0.169 e. The van der Waals surface area contributed by atoms with E-state index in [4.69, 9.17) is 9.47 Å². The summed E-state index contributed by atoms with van der Waals surface area (Å²) >= 11 is 0. The average Bonchev–Trinajstić information content (AvgIpc) is 2.50. The third kappa shape index (κ3) is 2.40. The maximum atomic E-state index is 10.6. The van der Waals surface area contributed by atoms with Gasteiger partial charge < -0.3 is 14.3 Å². The second-order valence-electron chi connectivity index (χ2n) is 5.63. The Labute approximate surface area is 91.1 Å². The van der Waals surface area contributed by atoms with Gasteiger partial charge in [-0.05, 0) is 17.8 Å². The van der Waals surface area contributed by atoms with E-state index in [1.54, 1.807) is 0 Å². The number of aldehydes is 1. The van der Waals surface area contributed by atoms with Gasteiger partial charge in [0.25, 0.3) is 0 Å². The van der Waals surface area contributed by atoms with Crippen molar-refractivity contribution in [3.05, 3.63) is 0 Å². The van der Waals surface area contributed by atoms with E-state index in [0.29, 0.717) is 25.6 Å². The molecule has 3 nitrogen and oxygen atoms in total. The fourth-order valence-corrected chi connectivity index (χ4v) is 3.19. The first-order valence-electron chi connectivity index (χ1n) is 5.77. The number of rotatable bonds is 2. The van der Waals surface area contributed by atoms with Gasteiger partial charge in [-0.15, -0.1) is 0 Å². The molecular weight excluding hydrogens is 192 g/mol. The Kier molecular flexibility index (Phi) is 2.86. The van der Waals surface area contributed by atoms with E-state index in [-0.39, 0.29) is 11.2 Å². The summed E-state index contributed by atoms with van der Waals surface area (Å²) in [7, 11) is 0. The van der Waals surface area contributed by atoms with Crippen molar-refractivity contribution in [2.45, 2.75) is 45.3 Å². The van der Waals surface area contributed by atoms with E-state index >= 15 is 0 Å². The fourth-order valence-electron chi connectivity index (χ4n) is 3.19. The maximum Gasteiger partial charge on any atom is 0.169 e. The van der Waals surface area contributed by atoms with Crippen LogP contribution >= 0.6 is 0 Å². The number of carbonyl (C=O) groups excluding carboxylic acids is 1. The summed E-state index contributed by atoms with van der Waals surface area (Å²) in [4.78, 5) is 10.6. The molecule has 1 aliphatic heterocycles. The molecule has 0 N–H and O–H groups in total. The van der Waals surface area contributed by atoms with Crippen LogP contribution in [-0.4, -0.2) is 25.3 Å². The maximum absolute atomic E-state index is 10.6. The molecular formula is C12H20O3. The lowest BCUT2D eigenvalue weighted by atomic mass is 9.68. The van der Waals surface area contributed by atoms with Gasteiger partial charge in [0.05, 0.1) is 13.2 Å². The molecule has 3 heteroatoms. The Morgan fingerprint density at radius 2 is 1.93 bits per heavy atom. The SMILES string of the molecule is CC1(C)CC(CC=O)CC2(C1)OCCO2. The van der Waals surface area contributed by atoms with Crippen LogP contribution in [0.25, 0.3) is 0 Å². The molecule has 0 amide bonds. The van der Waals surface area contributed by atoms with Crippen molar-refractivity contribution < 1.29 is 14.3 Å². The topological polar surface area (TPSA) is 35.5 Å². The zero-order valence-corrected chi connectivity index (χ0v) is 9.62. The molecule has 1 aliphatic carbocycles. The van der Waals surface area contributed by atoms with Crippen LogP contribution in [0.15, 0.2) is 0 Å². The lowest BCUT2D eigenvalue weighted by Gasteiger charge is -2.44.